The smallest absolute Gasteiger partial charge is 0.303 e. The lowest BCUT2D eigenvalue weighted by Crippen LogP contribution is -2.81. The Labute approximate surface area is 253 Å². The Hall–Kier alpha value is -3.15. The summed E-state index contributed by atoms with van der Waals surface area (Å²) in [6, 6.07) is 13.1. The first kappa shape index (κ1) is 29.9. The first-order chi connectivity index (χ1) is 20.6. The molecule has 232 valence electrons. The lowest BCUT2D eigenvalue weighted by atomic mass is 9.47. The van der Waals surface area contributed by atoms with Crippen LogP contribution in [0.15, 0.2) is 54.6 Å². The molecule has 7 atom stereocenters. The Balaban J connectivity index is 1.39. The van der Waals surface area contributed by atoms with Crippen LogP contribution < -0.4 is 19.7 Å². The third-order valence-electron chi connectivity index (χ3n) is 10.3. The van der Waals surface area contributed by atoms with E-state index in [1.54, 1.807) is 14.2 Å². The number of nitrogens with zero attached hydrogens (tertiary/aromatic N) is 2. The highest BCUT2D eigenvalue weighted by molar-refractivity contribution is 5.71. The van der Waals surface area contributed by atoms with Gasteiger partial charge in [-0.05, 0) is 48.7 Å². The van der Waals surface area contributed by atoms with Crippen molar-refractivity contribution in [2.45, 2.75) is 68.9 Å². The van der Waals surface area contributed by atoms with Crippen molar-refractivity contribution in [2.75, 3.05) is 45.8 Å². The Morgan fingerprint density at radius 1 is 1.12 bits per heavy atom. The highest BCUT2D eigenvalue weighted by Gasteiger charge is 2.77. The molecule has 2 unspecified atom stereocenters. The van der Waals surface area contributed by atoms with E-state index in [4.69, 9.17) is 18.9 Å². The highest BCUT2D eigenvalue weighted by Crippen LogP contribution is 2.67. The number of hydrogen-bond acceptors (Lipinski definition) is 10. The molecule has 10 nitrogen and oxygen atoms in total. The van der Waals surface area contributed by atoms with E-state index in [1.807, 2.05) is 43.4 Å². The maximum absolute atomic E-state index is 13.1. The van der Waals surface area contributed by atoms with Gasteiger partial charge in [-0.25, -0.2) is 0 Å². The third kappa shape index (κ3) is 4.45. The topological polar surface area (TPSA) is 113 Å². The average Bonchev–Trinajstić information content (AvgIpc) is 3.53. The van der Waals surface area contributed by atoms with Gasteiger partial charge in [-0.1, -0.05) is 37.3 Å². The van der Waals surface area contributed by atoms with Crippen LogP contribution in [0, 0.1) is 5.41 Å². The maximum Gasteiger partial charge on any atom is 0.303 e. The lowest BCUT2D eigenvalue weighted by molar-refractivity contribution is -0.223. The second-order valence-corrected chi connectivity index (χ2v) is 12.3. The predicted molar refractivity (Wildman–Crippen MR) is 161 cm³/mol. The van der Waals surface area contributed by atoms with Gasteiger partial charge >= 0.3 is 5.97 Å². The monoisotopic (exact) mass is 593 g/mol. The van der Waals surface area contributed by atoms with Crippen molar-refractivity contribution >= 4 is 11.7 Å². The Kier molecular flexibility index (Phi) is 7.71. The number of anilines is 1. The van der Waals surface area contributed by atoms with Gasteiger partial charge in [-0.3, -0.25) is 15.0 Å². The van der Waals surface area contributed by atoms with E-state index in [0.29, 0.717) is 6.42 Å². The molecule has 2 fully saturated rings. The standard InChI is InChI=1S/C33H43N3O7/c1-6-31-14-7-16-36-17-15-32(27(31)36)25-13-12-24(41-5)18-26(25)35(3)28(32)33(39,29(31)43-21(2)37)20-34-30(38)42-19-22-8-10-23(40-4)11-9-22/h7-14,18,27-30,34,38-39H,6,15-17,19-20H2,1-5H3/t27-,28+,29+,30?,31?,32+,33-/m0/s1. The van der Waals surface area contributed by atoms with Crippen molar-refractivity contribution < 1.29 is 34.0 Å². The van der Waals surface area contributed by atoms with Crippen LogP contribution in [0.1, 0.15) is 37.8 Å². The maximum atomic E-state index is 13.1. The van der Waals surface area contributed by atoms with E-state index in [9.17, 15) is 15.0 Å². The van der Waals surface area contributed by atoms with Crippen LogP contribution in [-0.2, 0) is 26.3 Å². The van der Waals surface area contributed by atoms with E-state index in [-0.39, 0.29) is 19.2 Å². The zero-order valence-electron chi connectivity index (χ0n) is 25.6. The predicted octanol–water partition coefficient (Wildman–Crippen LogP) is 2.56. The second-order valence-electron chi connectivity index (χ2n) is 12.3. The minimum atomic E-state index is -1.61. The van der Waals surface area contributed by atoms with Gasteiger partial charge < -0.3 is 34.1 Å². The molecule has 10 heteroatoms. The van der Waals surface area contributed by atoms with Gasteiger partial charge in [0.05, 0.1) is 26.9 Å². The number of fused-ring (bicyclic) bond motifs is 1. The number of aliphatic hydroxyl groups excluding tert-OH is 1. The summed E-state index contributed by atoms with van der Waals surface area (Å²) in [5.41, 5.74) is 0.285. The molecule has 1 saturated carbocycles. The number of benzene rings is 2. The molecule has 6 rings (SSSR count). The van der Waals surface area contributed by atoms with Crippen LogP contribution in [0.25, 0.3) is 0 Å². The summed E-state index contributed by atoms with van der Waals surface area (Å²) >= 11 is 0. The van der Waals surface area contributed by atoms with Crippen LogP contribution in [0.2, 0.25) is 0 Å². The van der Waals surface area contributed by atoms with Crippen LogP contribution >= 0.6 is 0 Å². The number of methoxy groups -OCH3 is 2. The van der Waals surface area contributed by atoms with Crippen LogP contribution in [0.3, 0.4) is 0 Å². The van der Waals surface area contributed by atoms with Crippen molar-refractivity contribution in [2.24, 2.45) is 5.41 Å². The van der Waals surface area contributed by atoms with E-state index < -0.39 is 41.0 Å². The molecule has 0 amide bonds. The molecule has 2 aromatic rings. The first-order valence-electron chi connectivity index (χ1n) is 15.0. The second kappa shape index (κ2) is 11.1. The van der Waals surface area contributed by atoms with Gasteiger partial charge in [-0.2, -0.15) is 0 Å². The summed E-state index contributed by atoms with van der Waals surface area (Å²) in [6.07, 6.45) is 3.55. The van der Waals surface area contributed by atoms with Gasteiger partial charge in [0.2, 0.25) is 6.41 Å². The molecule has 1 saturated heterocycles. The molecule has 0 bridgehead atoms. The highest BCUT2D eigenvalue weighted by atomic mass is 16.6. The minimum absolute atomic E-state index is 0.00188. The molecular formula is C33H43N3O7. The lowest BCUT2D eigenvalue weighted by Gasteiger charge is -2.64. The van der Waals surface area contributed by atoms with E-state index in [2.05, 4.69) is 40.3 Å². The number of carbonyl (C=O) groups is 1. The van der Waals surface area contributed by atoms with Gasteiger partial charge in [0.15, 0.2) is 0 Å². The van der Waals surface area contributed by atoms with Gasteiger partial charge in [0.25, 0.3) is 0 Å². The third-order valence-corrected chi connectivity index (χ3v) is 10.3. The molecule has 4 aliphatic rings. The van der Waals surface area contributed by atoms with Gasteiger partial charge in [-0.15, -0.1) is 0 Å². The quantitative estimate of drug-likeness (QED) is 0.216. The summed E-state index contributed by atoms with van der Waals surface area (Å²) in [5, 5.41) is 27.1. The average molecular weight is 594 g/mol. The van der Waals surface area contributed by atoms with Crippen molar-refractivity contribution in [3.05, 3.63) is 65.7 Å². The Bertz CT molecular complexity index is 1390. The summed E-state index contributed by atoms with van der Waals surface area (Å²) in [4.78, 5) is 17.3. The van der Waals surface area contributed by atoms with Crippen LogP contribution in [0.4, 0.5) is 5.69 Å². The zero-order chi connectivity index (χ0) is 30.6. The molecule has 3 N–H and O–H groups in total. The Morgan fingerprint density at radius 3 is 2.51 bits per heavy atom. The number of aliphatic hydroxyl groups is 2. The molecule has 1 aliphatic carbocycles. The van der Waals surface area contributed by atoms with Crippen LogP contribution in [-0.4, -0.2) is 92.2 Å². The number of rotatable bonds is 10. The van der Waals surface area contributed by atoms with E-state index >= 15 is 0 Å². The van der Waals surface area contributed by atoms with Crippen molar-refractivity contribution in [3.8, 4) is 11.5 Å². The molecule has 3 aliphatic heterocycles. The fourth-order valence-corrected chi connectivity index (χ4v) is 8.85. The minimum Gasteiger partial charge on any atom is -0.497 e. The van der Waals surface area contributed by atoms with E-state index in [0.717, 1.165) is 47.8 Å². The van der Waals surface area contributed by atoms with Gasteiger partial charge in [0, 0.05) is 55.7 Å². The normalized spacial score (nSPS) is 33.0. The molecule has 0 aromatic heterocycles. The number of likely N-dealkylation sites (N-methyl/N-ethyl adjacent to an activating group) is 1. The molecule has 1 spiro atoms. The Morgan fingerprint density at radius 2 is 1.84 bits per heavy atom. The number of nitrogens with one attached hydrogen (secondary N) is 1. The number of esters is 1. The van der Waals surface area contributed by atoms with Crippen LogP contribution in [0.5, 0.6) is 11.5 Å². The summed E-state index contributed by atoms with van der Waals surface area (Å²) in [6.45, 7) is 5.24. The first-order valence-corrected chi connectivity index (χ1v) is 15.0. The molecule has 43 heavy (non-hydrogen) atoms. The van der Waals surface area contributed by atoms with Crippen molar-refractivity contribution in [3.63, 3.8) is 0 Å². The van der Waals surface area contributed by atoms with Crippen molar-refractivity contribution in [1.82, 2.24) is 10.2 Å². The summed E-state index contributed by atoms with van der Waals surface area (Å²) in [7, 11) is 5.25. The molecule has 3 heterocycles. The number of hydrogen-bond donors (Lipinski definition) is 3. The number of ether oxygens (including phenoxy) is 4. The fraction of sp³-hybridized carbons (Fsp3) is 0.545. The zero-order valence-corrected chi connectivity index (χ0v) is 25.6. The summed E-state index contributed by atoms with van der Waals surface area (Å²) in [5.74, 6) is 1.02. The van der Waals surface area contributed by atoms with Crippen molar-refractivity contribution in [1.29, 1.82) is 0 Å². The largest absolute Gasteiger partial charge is 0.497 e. The SMILES string of the molecule is CCC12C=CCN3CC[C@@]4(c5ccc(OC)cc5N(C)[C@H]4[C@@](O)(CNC(O)OCc4ccc(OC)cc4)[C@@H]1OC(C)=O)[C@@H]32. The molecule has 2 aromatic carbocycles. The van der Waals surface area contributed by atoms with Gasteiger partial charge in [0.1, 0.15) is 23.2 Å². The summed E-state index contributed by atoms with van der Waals surface area (Å²) < 4.78 is 22.7. The molecule has 0 radical (unpaired) electrons. The fourth-order valence-electron chi connectivity index (χ4n) is 8.85. The number of carbonyl (C=O) groups excluding carboxylic acids is 1. The van der Waals surface area contributed by atoms with E-state index in [1.165, 1.54) is 6.92 Å². The molecular weight excluding hydrogens is 550 g/mol.